The summed E-state index contributed by atoms with van der Waals surface area (Å²) >= 11 is 0. The van der Waals surface area contributed by atoms with Crippen molar-refractivity contribution in [1.82, 2.24) is 15.5 Å². The molecule has 0 unspecified atom stereocenters. The molecule has 0 bridgehead atoms. The summed E-state index contributed by atoms with van der Waals surface area (Å²) in [6.07, 6.45) is 0.144. The van der Waals surface area contributed by atoms with E-state index < -0.39 is 5.60 Å². The van der Waals surface area contributed by atoms with Crippen LogP contribution in [0.25, 0.3) is 0 Å². The highest BCUT2D eigenvalue weighted by Gasteiger charge is 2.22. The van der Waals surface area contributed by atoms with Crippen LogP contribution in [0.3, 0.4) is 0 Å². The van der Waals surface area contributed by atoms with Crippen molar-refractivity contribution in [1.29, 1.82) is 0 Å². The van der Waals surface area contributed by atoms with Crippen LogP contribution in [0.15, 0.2) is 0 Å². The van der Waals surface area contributed by atoms with Gasteiger partial charge in [-0.05, 0) is 20.8 Å². The molecule has 1 fully saturated rings. The van der Waals surface area contributed by atoms with Gasteiger partial charge in [0, 0.05) is 39.1 Å². The van der Waals surface area contributed by atoms with Gasteiger partial charge in [-0.2, -0.15) is 0 Å². The van der Waals surface area contributed by atoms with E-state index in [1.807, 2.05) is 20.8 Å². The summed E-state index contributed by atoms with van der Waals surface area (Å²) in [6, 6.07) is 0. The van der Waals surface area contributed by atoms with Crippen LogP contribution in [0, 0.1) is 0 Å². The third-order valence-corrected chi connectivity index (χ3v) is 2.44. The largest absolute Gasteiger partial charge is 0.444 e. The Labute approximate surface area is 108 Å². The molecule has 0 aliphatic carbocycles. The highest BCUT2D eigenvalue weighted by Crippen LogP contribution is 2.09. The second-order valence-electron chi connectivity index (χ2n) is 5.32. The molecule has 0 aromatic carbocycles. The number of hydrogen-bond donors (Lipinski definition) is 2. The van der Waals surface area contributed by atoms with Crippen LogP contribution in [0.4, 0.5) is 4.79 Å². The lowest BCUT2D eigenvalue weighted by Gasteiger charge is -2.28. The molecule has 104 valence electrons. The molecule has 1 aliphatic rings. The van der Waals surface area contributed by atoms with Crippen molar-refractivity contribution in [2.24, 2.45) is 0 Å². The van der Waals surface area contributed by atoms with Crippen molar-refractivity contribution >= 4 is 12.0 Å². The first kappa shape index (κ1) is 14.8. The minimum Gasteiger partial charge on any atom is -0.444 e. The Morgan fingerprint density at radius 2 is 1.89 bits per heavy atom. The lowest BCUT2D eigenvalue weighted by atomic mass is 10.2. The summed E-state index contributed by atoms with van der Waals surface area (Å²) in [6.45, 7) is 8.36. The van der Waals surface area contributed by atoms with Crippen molar-refractivity contribution in [2.45, 2.75) is 32.8 Å². The minimum absolute atomic E-state index is 0.00791. The second-order valence-corrected chi connectivity index (χ2v) is 5.32. The highest BCUT2D eigenvalue weighted by molar-refractivity contribution is 5.76. The van der Waals surface area contributed by atoms with Gasteiger partial charge in [0.05, 0.1) is 0 Å². The lowest BCUT2D eigenvalue weighted by Crippen LogP contribution is -2.45. The molecule has 6 heteroatoms. The maximum absolute atomic E-state index is 11.9. The molecule has 1 rings (SSSR count). The van der Waals surface area contributed by atoms with E-state index in [1.54, 1.807) is 4.90 Å². The smallest absolute Gasteiger partial charge is 0.410 e. The summed E-state index contributed by atoms with van der Waals surface area (Å²) in [7, 11) is 0. The molecule has 18 heavy (non-hydrogen) atoms. The fraction of sp³-hybridized carbons (Fsp3) is 0.833. The predicted octanol–water partition coefficient (Wildman–Crippen LogP) is 0.333. The number of nitrogens with zero attached hydrogens (tertiary/aromatic N) is 1. The SMILES string of the molecule is CC(C)(C)OC(=O)N1CCNCCC(=O)NCC1. The quantitative estimate of drug-likeness (QED) is 0.656. The maximum atomic E-state index is 11.9. The van der Waals surface area contributed by atoms with Gasteiger partial charge >= 0.3 is 6.09 Å². The van der Waals surface area contributed by atoms with Gasteiger partial charge in [-0.1, -0.05) is 0 Å². The molecule has 0 radical (unpaired) electrons. The van der Waals surface area contributed by atoms with E-state index in [9.17, 15) is 9.59 Å². The third kappa shape index (κ3) is 5.86. The average Bonchev–Trinajstić information content (AvgIpc) is 2.24. The van der Waals surface area contributed by atoms with Gasteiger partial charge in [-0.15, -0.1) is 0 Å². The standard InChI is InChI=1S/C12H23N3O3/c1-12(2,3)18-11(17)15-8-6-13-5-4-10(16)14-7-9-15/h13H,4-9H2,1-3H3,(H,14,16). The number of rotatable bonds is 0. The molecule has 1 aliphatic heterocycles. The monoisotopic (exact) mass is 257 g/mol. The zero-order valence-electron chi connectivity index (χ0n) is 11.4. The second kappa shape index (κ2) is 6.58. The molecule has 0 saturated carbocycles. The molecule has 0 aromatic heterocycles. The molecule has 1 saturated heterocycles. The summed E-state index contributed by atoms with van der Waals surface area (Å²) in [4.78, 5) is 24.9. The number of ether oxygens (including phenoxy) is 1. The Morgan fingerprint density at radius 3 is 2.56 bits per heavy atom. The number of carbonyl (C=O) groups excluding carboxylic acids is 2. The average molecular weight is 257 g/mol. The van der Waals surface area contributed by atoms with Gasteiger partial charge in [-0.3, -0.25) is 4.79 Å². The van der Waals surface area contributed by atoms with Crippen LogP contribution in [0.1, 0.15) is 27.2 Å². The van der Waals surface area contributed by atoms with Gasteiger partial charge in [0.1, 0.15) is 5.60 Å². The van der Waals surface area contributed by atoms with Gasteiger partial charge in [0.2, 0.25) is 5.91 Å². The fourth-order valence-electron chi connectivity index (χ4n) is 1.58. The maximum Gasteiger partial charge on any atom is 0.410 e. The Morgan fingerprint density at radius 1 is 1.22 bits per heavy atom. The molecule has 2 N–H and O–H groups in total. The normalized spacial score (nSPS) is 19.1. The van der Waals surface area contributed by atoms with Crippen LogP contribution in [-0.2, 0) is 9.53 Å². The number of amides is 2. The van der Waals surface area contributed by atoms with Crippen molar-refractivity contribution in [3.63, 3.8) is 0 Å². The minimum atomic E-state index is -0.497. The lowest BCUT2D eigenvalue weighted by molar-refractivity contribution is -0.121. The highest BCUT2D eigenvalue weighted by atomic mass is 16.6. The first-order valence-corrected chi connectivity index (χ1v) is 6.34. The van der Waals surface area contributed by atoms with Gasteiger partial charge in [0.15, 0.2) is 0 Å². The van der Waals surface area contributed by atoms with E-state index in [4.69, 9.17) is 4.74 Å². The Hall–Kier alpha value is -1.30. The molecular formula is C12H23N3O3. The first-order chi connectivity index (χ1) is 8.38. The van der Waals surface area contributed by atoms with Crippen molar-refractivity contribution in [3.05, 3.63) is 0 Å². The van der Waals surface area contributed by atoms with Gasteiger partial charge in [0.25, 0.3) is 0 Å². The zero-order valence-corrected chi connectivity index (χ0v) is 11.4. The molecule has 2 amide bonds. The van der Waals surface area contributed by atoms with Gasteiger partial charge in [-0.25, -0.2) is 4.79 Å². The van der Waals surface area contributed by atoms with Crippen molar-refractivity contribution < 1.29 is 14.3 Å². The molecule has 0 aromatic rings. The summed E-state index contributed by atoms with van der Waals surface area (Å²) in [5.41, 5.74) is -0.497. The van der Waals surface area contributed by atoms with E-state index >= 15 is 0 Å². The van der Waals surface area contributed by atoms with Crippen LogP contribution in [0.5, 0.6) is 0 Å². The zero-order chi connectivity index (χ0) is 13.6. The van der Waals surface area contributed by atoms with Crippen LogP contribution in [0.2, 0.25) is 0 Å². The molecule has 0 atom stereocenters. The third-order valence-electron chi connectivity index (χ3n) is 2.44. The first-order valence-electron chi connectivity index (χ1n) is 6.34. The Bertz CT molecular complexity index is 299. The summed E-state index contributed by atoms with van der Waals surface area (Å²) < 4.78 is 5.32. The van der Waals surface area contributed by atoms with Crippen LogP contribution >= 0.6 is 0 Å². The molecule has 0 spiro atoms. The van der Waals surface area contributed by atoms with Crippen LogP contribution < -0.4 is 10.6 Å². The molecular weight excluding hydrogens is 234 g/mol. The summed E-state index contributed by atoms with van der Waals surface area (Å²) in [5.74, 6) is 0.00791. The van der Waals surface area contributed by atoms with E-state index in [2.05, 4.69) is 10.6 Å². The van der Waals surface area contributed by atoms with E-state index in [1.165, 1.54) is 0 Å². The van der Waals surface area contributed by atoms with Gasteiger partial charge < -0.3 is 20.3 Å². The van der Waals surface area contributed by atoms with Crippen molar-refractivity contribution in [2.75, 3.05) is 32.7 Å². The molecule has 6 nitrogen and oxygen atoms in total. The van der Waals surface area contributed by atoms with E-state index in [0.29, 0.717) is 39.1 Å². The van der Waals surface area contributed by atoms with Crippen LogP contribution in [-0.4, -0.2) is 55.2 Å². The molecule has 1 heterocycles. The topological polar surface area (TPSA) is 70.7 Å². The van der Waals surface area contributed by atoms with E-state index in [-0.39, 0.29) is 12.0 Å². The number of carbonyl (C=O) groups is 2. The Balaban J connectivity index is 2.50. The summed E-state index contributed by atoms with van der Waals surface area (Å²) in [5, 5.41) is 5.89. The Kier molecular flexibility index (Phi) is 5.40. The van der Waals surface area contributed by atoms with Crippen molar-refractivity contribution in [3.8, 4) is 0 Å². The number of nitrogens with one attached hydrogen (secondary N) is 2. The fourth-order valence-corrected chi connectivity index (χ4v) is 1.58. The number of hydrogen-bond acceptors (Lipinski definition) is 4. The predicted molar refractivity (Wildman–Crippen MR) is 68.3 cm³/mol. The van der Waals surface area contributed by atoms with E-state index in [0.717, 1.165) is 0 Å².